The zero-order valence-electron chi connectivity index (χ0n) is 9.77. The average molecular weight is 238 g/mol. The second-order valence-corrected chi connectivity index (χ2v) is 3.83. The van der Waals surface area contributed by atoms with E-state index in [9.17, 15) is 9.59 Å². The van der Waals surface area contributed by atoms with E-state index in [2.05, 4.69) is 9.97 Å². The highest BCUT2D eigenvalue weighted by Gasteiger charge is 2.25. The molecule has 2 heterocycles. The van der Waals surface area contributed by atoms with E-state index in [4.69, 9.17) is 4.74 Å². The summed E-state index contributed by atoms with van der Waals surface area (Å²) in [5.74, 6) is 0.558. The minimum absolute atomic E-state index is 0.000356. The number of amides is 1. The summed E-state index contributed by atoms with van der Waals surface area (Å²) >= 11 is 0. The molecule has 1 aromatic rings. The van der Waals surface area contributed by atoms with E-state index in [0.29, 0.717) is 18.9 Å². The lowest BCUT2D eigenvalue weighted by Crippen LogP contribution is -2.49. The van der Waals surface area contributed by atoms with Crippen LogP contribution in [0, 0.1) is 0 Å². The number of nitrogens with one attached hydrogen (secondary N) is 1. The Labute approximate surface area is 98.0 Å². The largest absolute Gasteiger partial charge is 0.489 e. The Morgan fingerprint density at radius 2 is 2.18 bits per heavy atom. The van der Waals surface area contributed by atoms with Gasteiger partial charge >= 0.3 is 0 Å². The Kier molecular flexibility index (Phi) is 2.99. The second kappa shape index (κ2) is 4.44. The average Bonchev–Trinajstić information content (AvgIpc) is 2.32. The van der Waals surface area contributed by atoms with Crippen molar-refractivity contribution < 1.29 is 9.53 Å². The first-order chi connectivity index (χ1) is 8.13. The first-order valence-electron chi connectivity index (χ1n) is 5.24. The van der Waals surface area contributed by atoms with E-state index in [1.54, 1.807) is 16.8 Å². The summed E-state index contributed by atoms with van der Waals surface area (Å²) in [5, 5.41) is 0. The maximum absolute atomic E-state index is 11.6. The SMILES string of the molecule is COc1c(N2CCN(C)C(=O)C2)nc[nH]c1=O. The van der Waals surface area contributed by atoms with Gasteiger partial charge in [0.15, 0.2) is 5.82 Å². The van der Waals surface area contributed by atoms with Crippen LogP contribution in [0.25, 0.3) is 0 Å². The molecular weight excluding hydrogens is 224 g/mol. The van der Waals surface area contributed by atoms with Crippen molar-refractivity contribution in [2.24, 2.45) is 0 Å². The van der Waals surface area contributed by atoms with Crippen LogP contribution in [-0.4, -0.2) is 54.6 Å². The van der Waals surface area contributed by atoms with Gasteiger partial charge in [0.05, 0.1) is 20.0 Å². The molecule has 0 atom stereocenters. The molecule has 0 bridgehead atoms. The number of carbonyl (C=O) groups is 1. The van der Waals surface area contributed by atoms with Crippen LogP contribution >= 0.6 is 0 Å². The van der Waals surface area contributed by atoms with Gasteiger partial charge in [0.2, 0.25) is 11.7 Å². The fraction of sp³-hybridized carbons (Fsp3) is 0.500. The maximum Gasteiger partial charge on any atom is 0.295 e. The van der Waals surface area contributed by atoms with Crippen molar-refractivity contribution in [2.45, 2.75) is 0 Å². The van der Waals surface area contributed by atoms with Gasteiger partial charge in [0.1, 0.15) is 0 Å². The summed E-state index contributed by atoms with van der Waals surface area (Å²) in [4.78, 5) is 33.0. The summed E-state index contributed by atoms with van der Waals surface area (Å²) in [7, 11) is 3.16. The first kappa shape index (κ1) is 11.4. The van der Waals surface area contributed by atoms with Gasteiger partial charge in [0.25, 0.3) is 5.56 Å². The van der Waals surface area contributed by atoms with Crippen molar-refractivity contribution in [2.75, 3.05) is 38.7 Å². The third kappa shape index (κ3) is 2.08. The molecule has 0 aromatic carbocycles. The highest BCUT2D eigenvalue weighted by Crippen LogP contribution is 2.21. The van der Waals surface area contributed by atoms with Gasteiger partial charge in [-0.05, 0) is 0 Å². The molecular formula is C10H14N4O3. The lowest BCUT2D eigenvalue weighted by Gasteiger charge is -2.32. The zero-order valence-corrected chi connectivity index (χ0v) is 9.77. The lowest BCUT2D eigenvalue weighted by molar-refractivity contribution is -0.129. The quantitative estimate of drug-likeness (QED) is 0.719. The van der Waals surface area contributed by atoms with Crippen molar-refractivity contribution in [3.8, 4) is 5.75 Å². The van der Waals surface area contributed by atoms with E-state index >= 15 is 0 Å². The van der Waals surface area contributed by atoms with Crippen molar-refractivity contribution in [3.63, 3.8) is 0 Å². The molecule has 7 nitrogen and oxygen atoms in total. The van der Waals surface area contributed by atoms with Crippen molar-refractivity contribution in [3.05, 3.63) is 16.7 Å². The topological polar surface area (TPSA) is 78.5 Å². The van der Waals surface area contributed by atoms with Crippen LogP contribution in [0.15, 0.2) is 11.1 Å². The fourth-order valence-electron chi connectivity index (χ4n) is 1.73. The molecule has 0 unspecified atom stereocenters. The van der Waals surface area contributed by atoms with Gasteiger partial charge in [-0.15, -0.1) is 0 Å². The molecule has 92 valence electrons. The minimum Gasteiger partial charge on any atom is -0.489 e. The summed E-state index contributed by atoms with van der Waals surface area (Å²) in [6.07, 6.45) is 1.31. The monoisotopic (exact) mass is 238 g/mol. The van der Waals surface area contributed by atoms with Crippen LogP contribution in [0.2, 0.25) is 0 Å². The van der Waals surface area contributed by atoms with Crippen LogP contribution in [0.1, 0.15) is 0 Å². The molecule has 0 saturated carbocycles. The summed E-state index contributed by atoms with van der Waals surface area (Å²) < 4.78 is 5.02. The minimum atomic E-state index is -0.344. The molecule has 1 N–H and O–H groups in total. The van der Waals surface area contributed by atoms with Crippen LogP contribution in [-0.2, 0) is 4.79 Å². The molecule has 0 aliphatic carbocycles. The number of hydrogen-bond donors (Lipinski definition) is 1. The highest BCUT2D eigenvalue weighted by atomic mass is 16.5. The fourth-order valence-corrected chi connectivity index (χ4v) is 1.73. The van der Waals surface area contributed by atoms with E-state index in [1.807, 2.05) is 0 Å². The van der Waals surface area contributed by atoms with E-state index < -0.39 is 0 Å². The summed E-state index contributed by atoms with van der Waals surface area (Å²) in [6, 6.07) is 0. The lowest BCUT2D eigenvalue weighted by atomic mass is 10.3. The number of methoxy groups -OCH3 is 1. The number of anilines is 1. The predicted molar refractivity (Wildman–Crippen MR) is 61.3 cm³/mol. The smallest absolute Gasteiger partial charge is 0.295 e. The molecule has 7 heteroatoms. The Morgan fingerprint density at radius 3 is 2.82 bits per heavy atom. The van der Waals surface area contributed by atoms with Crippen LogP contribution < -0.4 is 15.2 Å². The third-order valence-electron chi connectivity index (χ3n) is 2.75. The molecule has 17 heavy (non-hydrogen) atoms. The van der Waals surface area contributed by atoms with Gasteiger partial charge in [-0.2, -0.15) is 0 Å². The van der Waals surface area contributed by atoms with E-state index in [0.717, 1.165) is 0 Å². The molecule has 1 saturated heterocycles. The number of aromatic nitrogens is 2. The van der Waals surface area contributed by atoms with Crippen molar-refractivity contribution >= 4 is 11.7 Å². The first-order valence-corrected chi connectivity index (χ1v) is 5.24. The molecule has 1 amide bonds. The molecule has 1 aliphatic heterocycles. The number of piperazine rings is 1. The number of ether oxygens (including phenoxy) is 1. The van der Waals surface area contributed by atoms with Crippen molar-refractivity contribution in [1.29, 1.82) is 0 Å². The Morgan fingerprint density at radius 1 is 1.41 bits per heavy atom. The number of H-pyrrole nitrogens is 1. The standard InChI is InChI=1S/C10H14N4O3/c1-13-3-4-14(5-7(13)15)9-8(17-2)10(16)12-6-11-9/h6H,3-5H2,1-2H3,(H,11,12,16). The zero-order chi connectivity index (χ0) is 12.4. The normalized spacial score (nSPS) is 16.2. The Balaban J connectivity index is 2.32. The van der Waals surface area contributed by atoms with Crippen molar-refractivity contribution in [1.82, 2.24) is 14.9 Å². The molecule has 0 radical (unpaired) electrons. The number of hydrogen-bond acceptors (Lipinski definition) is 5. The van der Waals surface area contributed by atoms with Gasteiger partial charge < -0.3 is 19.5 Å². The van der Waals surface area contributed by atoms with Crippen LogP contribution in [0.3, 0.4) is 0 Å². The van der Waals surface area contributed by atoms with Gasteiger partial charge in [-0.3, -0.25) is 9.59 Å². The van der Waals surface area contributed by atoms with Gasteiger partial charge in [0, 0.05) is 20.1 Å². The highest BCUT2D eigenvalue weighted by molar-refractivity contribution is 5.82. The number of nitrogens with zero attached hydrogens (tertiary/aromatic N) is 3. The van der Waals surface area contributed by atoms with E-state index in [-0.39, 0.29) is 23.8 Å². The summed E-state index contributed by atoms with van der Waals surface area (Å²) in [6.45, 7) is 1.45. The van der Waals surface area contributed by atoms with Crippen LogP contribution in [0.5, 0.6) is 5.75 Å². The van der Waals surface area contributed by atoms with E-state index in [1.165, 1.54) is 13.4 Å². The molecule has 1 aromatic heterocycles. The maximum atomic E-state index is 11.6. The van der Waals surface area contributed by atoms with Crippen LogP contribution in [0.4, 0.5) is 5.82 Å². The second-order valence-electron chi connectivity index (χ2n) is 3.83. The number of rotatable bonds is 2. The third-order valence-corrected chi connectivity index (χ3v) is 2.75. The predicted octanol–water partition coefficient (Wildman–Crippen LogP) is -0.943. The Hall–Kier alpha value is -2.05. The number of carbonyl (C=O) groups excluding carboxylic acids is 1. The number of aromatic amines is 1. The molecule has 1 fully saturated rings. The molecule has 2 rings (SSSR count). The van der Waals surface area contributed by atoms with Gasteiger partial charge in [-0.25, -0.2) is 4.98 Å². The van der Waals surface area contributed by atoms with Gasteiger partial charge in [-0.1, -0.05) is 0 Å². The number of likely N-dealkylation sites (N-methyl/N-ethyl adjacent to an activating group) is 1. The Bertz CT molecular complexity index is 485. The molecule has 1 aliphatic rings. The summed E-state index contributed by atoms with van der Waals surface area (Å²) in [5.41, 5.74) is -0.344. The molecule has 0 spiro atoms.